The van der Waals surface area contributed by atoms with E-state index in [-0.39, 0.29) is 35.6 Å². The minimum atomic E-state index is 0. The Hall–Kier alpha value is -3.09. The maximum absolute atomic E-state index is 2.35. The van der Waals surface area contributed by atoms with Gasteiger partial charge in [-0.3, -0.25) is 0 Å². The van der Waals surface area contributed by atoms with Gasteiger partial charge in [0.25, 0.3) is 0 Å². The average molecular weight is 735 g/mol. The molecule has 0 aromatic heterocycles. The molecule has 0 unspecified atom stereocenters. The van der Waals surface area contributed by atoms with Gasteiger partial charge in [-0.2, -0.15) is 11.6 Å². The van der Waals surface area contributed by atoms with Gasteiger partial charge >= 0.3 is 99.2 Å². The van der Waals surface area contributed by atoms with Gasteiger partial charge in [-0.15, -0.1) is 74.8 Å². The molecule has 0 amide bonds. The normalized spacial score (nSPS) is 11.1. The van der Waals surface area contributed by atoms with E-state index in [1.54, 1.807) is 0 Å². The quantitative estimate of drug-likeness (QED) is 0.192. The summed E-state index contributed by atoms with van der Waals surface area (Å²) in [7, 11) is 0. The molecule has 47 heavy (non-hydrogen) atoms. The molecule has 0 aliphatic heterocycles. The Balaban J connectivity index is 0.000000200. The van der Waals surface area contributed by atoms with E-state index in [0.717, 1.165) is 0 Å². The van der Waals surface area contributed by atoms with Crippen LogP contribution in [0.2, 0.25) is 0 Å². The van der Waals surface area contributed by atoms with E-state index < -0.39 is 0 Å². The molecule has 7 aromatic carbocycles. The van der Waals surface area contributed by atoms with Gasteiger partial charge in [0.1, 0.15) is 0 Å². The van der Waals surface area contributed by atoms with Gasteiger partial charge in [0, 0.05) is 0 Å². The zero-order valence-electron chi connectivity index (χ0n) is 28.5. The van der Waals surface area contributed by atoms with E-state index in [1.165, 1.54) is 87.6 Å². The summed E-state index contributed by atoms with van der Waals surface area (Å²) in [6.45, 7) is 15.8. The van der Waals surface area contributed by atoms with Crippen molar-refractivity contribution in [2.45, 2.75) is 59.3 Å². The van der Waals surface area contributed by atoms with E-state index in [9.17, 15) is 0 Å². The minimum absolute atomic E-state index is 0. The van der Waals surface area contributed by atoms with Gasteiger partial charge in [-0.05, 0) is 10.8 Å². The summed E-state index contributed by atoms with van der Waals surface area (Å²) in [5.74, 6) is 0. The number of benzene rings is 5. The second-order valence-corrected chi connectivity index (χ2v) is 15.2. The second-order valence-electron chi connectivity index (χ2n) is 14.0. The monoisotopic (exact) mass is 732 g/mol. The van der Waals surface area contributed by atoms with Crippen LogP contribution in [0.5, 0.6) is 0 Å². The summed E-state index contributed by atoms with van der Waals surface area (Å²) < 4.78 is 1.42. The Kier molecular flexibility index (Phi) is 13.3. The first-order valence-electron chi connectivity index (χ1n) is 15.9. The Morgan fingerprint density at radius 3 is 1.36 bits per heavy atom. The van der Waals surface area contributed by atoms with Crippen molar-refractivity contribution in [1.29, 1.82) is 0 Å². The first-order chi connectivity index (χ1) is 21.4. The molecule has 240 valence electrons. The predicted molar refractivity (Wildman–Crippen MR) is 195 cm³/mol. The van der Waals surface area contributed by atoms with Crippen LogP contribution >= 0.6 is 0 Å². The summed E-state index contributed by atoms with van der Waals surface area (Å²) in [5.41, 5.74) is 7.25. The van der Waals surface area contributed by atoms with E-state index in [1.807, 2.05) is 0 Å². The molecule has 0 saturated heterocycles. The zero-order chi connectivity index (χ0) is 32.2. The van der Waals surface area contributed by atoms with Crippen LogP contribution in [0.15, 0.2) is 140 Å². The molecule has 0 atom stereocenters. The van der Waals surface area contributed by atoms with Gasteiger partial charge in [0.15, 0.2) is 0 Å². The van der Waals surface area contributed by atoms with Crippen molar-refractivity contribution in [2.75, 3.05) is 0 Å². The van der Waals surface area contributed by atoms with Crippen molar-refractivity contribution in [2.24, 2.45) is 0 Å². The summed E-state index contributed by atoms with van der Waals surface area (Å²) in [6.07, 6.45) is 0. The molecular weight excluding hydrogens is 691 g/mol. The SMILES string of the molecule is CC(C)(C)c1ccc2c(c1)[cH-]c1cc(C(C)(C)C)ccc12.Cc1c[cH-]c2ccccc12.[Cl-].[Cl-].[Zr+2]=[C](c1ccccc1)c1ccccc1. The Morgan fingerprint density at radius 2 is 0.936 bits per heavy atom. The van der Waals surface area contributed by atoms with Crippen molar-refractivity contribution in [3.8, 4) is 0 Å². The standard InChI is InChI=1S/C21H25.C13H10.C10H9.2ClH.Zr/c1-20(2,3)16-7-9-18-14(12-16)11-15-13-17(21(4,5)6)8-10-19(15)18;1-3-7-12(8-4-1)11-13-9-5-2-6-10-13;1-8-6-7-9-4-2-3-5-10(8)9;;;/h7-13H,1-6H3;1-10H;2-7H,1H3;2*1H;/q-1;;-1;;;+2/p-2. The van der Waals surface area contributed by atoms with Crippen molar-refractivity contribution < 1.29 is 49.0 Å². The fourth-order valence-corrected chi connectivity index (χ4v) is 6.46. The summed E-state index contributed by atoms with van der Waals surface area (Å²) in [6, 6.07) is 50.0. The van der Waals surface area contributed by atoms with Gasteiger partial charge < -0.3 is 24.8 Å². The van der Waals surface area contributed by atoms with Crippen LogP contribution in [0.4, 0.5) is 0 Å². The van der Waals surface area contributed by atoms with Crippen molar-refractivity contribution in [1.82, 2.24) is 0 Å². The average Bonchev–Trinajstić information content (AvgIpc) is 3.61. The second kappa shape index (κ2) is 16.3. The molecule has 3 heteroatoms. The third-order valence-corrected chi connectivity index (χ3v) is 9.88. The Morgan fingerprint density at radius 1 is 0.511 bits per heavy atom. The number of aryl methyl sites for hydroxylation is 1. The molecule has 0 radical (unpaired) electrons. The molecule has 0 nitrogen and oxygen atoms in total. The molecule has 7 rings (SSSR count). The number of hydrogen-bond acceptors (Lipinski definition) is 0. The fourth-order valence-electron chi connectivity index (χ4n) is 5.64. The molecule has 0 spiro atoms. The van der Waals surface area contributed by atoms with Crippen LogP contribution < -0.4 is 24.8 Å². The molecule has 0 saturated carbocycles. The molecule has 0 bridgehead atoms. The number of fused-ring (bicyclic) bond motifs is 4. The third-order valence-electron chi connectivity index (χ3n) is 8.46. The van der Waals surface area contributed by atoms with Crippen molar-refractivity contribution in [3.05, 3.63) is 167 Å². The van der Waals surface area contributed by atoms with Gasteiger partial charge in [-0.25, -0.2) is 0 Å². The number of hydrogen-bond donors (Lipinski definition) is 0. The molecule has 0 fully saturated rings. The summed E-state index contributed by atoms with van der Waals surface area (Å²) >= 11 is 1.46. The fraction of sp³-hybridized carbons (Fsp3) is 0.205. The Bertz CT molecular complexity index is 1920. The van der Waals surface area contributed by atoms with E-state index >= 15 is 0 Å². The van der Waals surface area contributed by atoms with Gasteiger partial charge in [0.2, 0.25) is 0 Å². The van der Waals surface area contributed by atoms with Crippen LogP contribution in [0.1, 0.15) is 69.4 Å². The van der Waals surface area contributed by atoms with E-state index in [2.05, 4.69) is 188 Å². The maximum atomic E-state index is 2.35. The van der Waals surface area contributed by atoms with Crippen molar-refractivity contribution in [3.63, 3.8) is 0 Å². The van der Waals surface area contributed by atoms with Gasteiger partial charge in [0.05, 0.1) is 0 Å². The van der Waals surface area contributed by atoms with Crippen LogP contribution in [-0.4, -0.2) is 3.21 Å². The summed E-state index contributed by atoms with van der Waals surface area (Å²) in [4.78, 5) is 0. The molecule has 0 aliphatic carbocycles. The Labute approximate surface area is 309 Å². The molecule has 0 aliphatic rings. The first-order valence-corrected chi connectivity index (χ1v) is 17.1. The van der Waals surface area contributed by atoms with Crippen LogP contribution in [0.25, 0.3) is 32.3 Å². The van der Waals surface area contributed by atoms with E-state index in [4.69, 9.17) is 0 Å². The predicted octanol–water partition coefficient (Wildman–Crippen LogP) is 5.98. The number of halogens is 2. The third kappa shape index (κ3) is 9.51. The number of rotatable bonds is 2. The molecule has 7 aromatic rings. The zero-order valence-corrected chi connectivity index (χ0v) is 32.5. The van der Waals surface area contributed by atoms with Crippen LogP contribution in [0, 0.1) is 6.92 Å². The van der Waals surface area contributed by atoms with Crippen molar-refractivity contribution >= 4 is 35.5 Å². The summed E-state index contributed by atoms with van der Waals surface area (Å²) in [5, 5.41) is 8.20. The van der Waals surface area contributed by atoms with Crippen LogP contribution in [0.3, 0.4) is 0 Å². The molecular formula is C44H44Cl2Zr-2. The molecule has 0 heterocycles. The molecule has 0 N–H and O–H groups in total. The van der Waals surface area contributed by atoms with E-state index in [0.29, 0.717) is 0 Å². The van der Waals surface area contributed by atoms with Crippen LogP contribution in [-0.2, 0) is 35.1 Å². The topological polar surface area (TPSA) is 0 Å². The van der Waals surface area contributed by atoms with Gasteiger partial charge in [-0.1, -0.05) is 89.9 Å². The first kappa shape index (κ1) is 38.4.